The summed E-state index contributed by atoms with van der Waals surface area (Å²) in [6.45, 7) is 6.46. The van der Waals surface area contributed by atoms with Crippen LogP contribution in [0, 0.1) is 5.92 Å². The summed E-state index contributed by atoms with van der Waals surface area (Å²) in [7, 11) is 1.67. The van der Waals surface area contributed by atoms with E-state index >= 15 is 0 Å². The molecule has 166 valence electrons. The second-order valence-corrected chi connectivity index (χ2v) is 6.69. The van der Waals surface area contributed by atoms with Gasteiger partial charge in [-0.3, -0.25) is 0 Å². The number of nitrogens with zero attached hydrogens (tertiary/aromatic N) is 2. The van der Waals surface area contributed by atoms with Gasteiger partial charge in [0.2, 0.25) is 0 Å². The molecule has 1 atom stereocenters. The molecule has 0 spiro atoms. The Morgan fingerprint density at radius 3 is 2.90 bits per heavy atom. The van der Waals surface area contributed by atoms with Gasteiger partial charge < -0.3 is 24.4 Å². The largest absolute Gasteiger partial charge is 0.488 e. The molecule has 1 N–H and O–H groups in total. The highest BCUT2D eigenvalue weighted by Gasteiger charge is 2.24. The van der Waals surface area contributed by atoms with Gasteiger partial charge in [0.05, 0.1) is 26.4 Å². The second kappa shape index (κ2) is 14.7. The molecule has 1 heterocycles. The van der Waals surface area contributed by atoms with E-state index in [1.807, 2.05) is 13.0 Å². The Hall–Kier alpha value is -1.20. The smallest absolute Gasteiger partial charge is 0.272 e. The molecular formula is C20H32F2IN3O3. The van der Waals surface area contributed by atoms with Crippen molar-refractivity contribution in [2.75, 3.05) is 53.2 Å². The van der Waals surface area contributed by atoms with Gasteiger partial charge in [-0.05, 0) is 31.0 Å². The van der Waals surface area contributed by atoms with Crippen LogP contribution in [0.25, 0.3) is 0 Å². The highest BCUT2D eigenvalue weighted by Crippen LogP contribution is 2.18. The molecule has 0 bridgehead atoms. The van der Waals surface area contributed by atoms with Gasteiger partial charge in [-0.1, -0.05) is 12.1 Å². The van der Waals surface area contributed by atoms with Gasteiger partial charge in [0.25, 0.3) is 6.43 Å². The number of hydrogen-bond acceptors (Lipinski definition) is 4. The Balaban J connectivity index is 0.00000420. The average Bonchev–Trinajstić information content (AvgIpc) is 3.16. The van der Waals surface area contributed by atoms with E-state index < -0.39 is 13.0 Å². The maximum absolute atomic E-state index is 12.3. The van der Waals surface area contributed by atoms with E-state index in [9.17, 15) is 8.78 Å². The summed E-state index contributed by atoms with van der Waals surface area (Å²) in [5.74, 6) is 1.78. The molecule has 2 rings (SSSR count). The zero-order valence-electron chi connectivity index (χ0n) is 17.1. The van der Waals surface area contributed by atoms with E-state index in [-0.39, 0.29) is 24.0 Å². The Kier molecular flexibility index (Phi) is 13.1. The van der Waals surface area contributed by atoms with Crippen LogP contribution in [0.15, 0.2) is 29.3 Å². The number of guanidine groups is 1. The number of nitrogens with one attached hydrogen (secondary N) is 1. The molecule has 0 amide bonds. The van der Waals surface area contributed by atoms with E-state index in [1.54, 1.807) is 25.3 Å². The fourth-order valence-electron chi connectivity index (χ4n) is 3.04. The molecule has 1 aliphatic heterocycles. The Labute approximate surface area is 189 Å². The van der Waals surface area contributed by atoms with E-state index in [1.165, 1.54) is 0 Å². The molecule has 9 heteroatoms. The third kappa shape index (κ3) is 9.90. The van der Waals surface area contributed by atoms with Crippen LogP contribution in [-0.2, 0) is 16.0 Å². The van der Waals surface area contributed by atoms with E-state index in [4.69, 9.17) is 19.2 Å². The first-order valence-corrected chi connectivity index (χ1v) is 9.72. The normalized spacial score (nSPS) is 16.8. The van der Waals surface area contributed by atoms with Crippen molar-refractivity contribution in [1.82, 2.24) is 10.2 Å². The number of rotatable bonds is 11. The minimum Gasteiger partial charge on any atom is -0.488 e. The molecule has 1 aliphatic rings. The average molecular weight is 527 g/mol. The number of aliphatic imine (C=N–C) groups is 1. The number of ether oxygens (including phenoxy) is 3. The first-order chi connectivity index (χ1) is 13.6. The number of halogens is 3. The summed E-state index contributed by atoms with van der Waals surface area (Å²) in [6.07, 6.45) is -1.42. The molecule has 1 saturated heterocycles. The van der Waals surface area contributed by atoms with Gasteiger partial charge in [0.15, 0.2) is 5.96 Å². The van der Waals surface area contributed by atoms with Crippen LogP contribution < -0.4 is 10.1 Å². The zero-order valence-corrected chi connectivity index (χ0v) is 19.4. The number of methoxy groups -OCH3 is 1. The summed E-state index contributed by atoms with van der Waals surface area (Å²) >= 11 is 0. The van der Waals surface area contributed by atoms with E-state index in [0.29, 0.717) is 31.4 Å². The lowest BCUT2D eigenvalue weighted by Crippen LogP contribution is -2.40. The summed E-state index contributed by atoms with van der Waals surface area (Å²) in [4.78, 5) is 6.95. The van der Waals surface area contributed by atoms with Gasteiger partial charge in [0.1, 0.15) is 12.4 Å². The highest BCUT2D eigenvalue weighted by atomic mass is 127. The minimum atomic E-state index is -2.48. The third-order valence-corrected chi connectivity index (χ3v) is 4.39. The molecule has 6 nitrogen and oxygen atoms in total. The van der Waals surface area contributed by atoms with Gasteiger partial charge in [0, 0.05) is 32.7 Å². The summed E-state index contributed by atoms with van der Waals surface area (Å²) < 4.78 is 40.3. The summed E-state index contributed by atoms with van der Waals surface area (Å²) in [5, 5.41) is 3.33. The maximum atomic E-state index is 12.3. The molecule has 1 unspecified atom stereocenters. The number of hydrogen-bond donors (Lipinski definition) is 1. The van der Waals surface area contributed by atoms with Crippen LogP contribution in [-0.4, -0.2) is 70.5 Å². The standard InChI is InChI=1S/C20H31F2N3O3.HI/c1-3-23-20(25-8-7-17(13-25)14-27-10-9-26-2)24-12-16-5-4-6-18(11-16)28-15-19(21)22;/h4-6,11,17,19H,3,7-10,12-15H2,1-2H3,(H,23,24);1H. The fraction of sp³-hybridized carbons (Fsp3) is 0.650. The minimum absolute atomic E-state index is 0. The van der Waals surface area contributed by atoms with Crippen molar-refractivity contribution in [1.29, 1.82) is 0 Å². The topological polar surface area (TPSA) is 55.3 Å². The number of alkyl halides is 2. The molecular weight excluding hydrogens is 495 g/mol. The first-order valence-electron chi connectivity index (χ1n) is 9.72. The van der Waals surface area contributed by atoms with Crippen molar-refractivity contribution in [3.05, 3.63) is 29.8 Å². The van der Waals surface area contributed by atoms with Gasteiger partial charge in [-0.15, -0.1) is 24.0 Å². The second-order valence-electron chi connectivity index (χ2n) is 6.69. The van der Waals surface area contributed by atoms with Crippen LogP contribution in [0.3, 0.4) is 0 Å². The predicted molar refractivity (Wildman–Crippen MR) is 121 cm³/mol. The molecule has 1 aromatic rings. The highest BCUT2D eigenvalue weighted by molar-refractivity contribution is 14.0. The monoisotopic (exact) mass is 527 g/mol. The van der Waals surface area contributed by atoms with Crippen molar-refractivity contribution in [3.63, 3.8) is 0 Å². The molecule has 0 aromatic heterocycles. The van der Waals surface area contributed by atoms with Crippen LogP contribution in [0.1, 0.15) is 18.9 Å². The Bertz CT molecular complexity index is 608. The Morgan fingerprint density at radius 2 is 2.17 bits per heavy atom. The number of benzene rings is 1. The van der Waals surface area contributed by atoms with Crippen LogP contribution in [0.2, 0.25) is 0 Å². The lowest BCUT2D eigenvalue weighted by atomic mass is 10.1. The van der Waals surface area contributed by atoms with Crippen LogP contribution in [0.5, 0.6) is 5.75 Å². The first kappa shape index (κ1) is 25.8. The van der Waals surface area contributed by atoms with Crippen molar-refractivity contribution in [2.24, 2.45) is 10.9 Å². The van der Waals surface area contributed by atoms with Crippen LogP contribution >= 0.6 is 24.0 Å². The quantitative estimate of drug-likeness (QED) is 0.207. The third-order valence-electron chi connectivity index (χ3n) is 4.39. The van der Waals surface area contributed by atoms with Crippen molar-refractivity contribution >= 4 is 29.9 Å². The molecule has 1 aromatic carbocycles. The summed E-state index contributed by atoms with van der Waals surface area (Å²) in [6, 6.07) is 7.14. The lowest BCUT2D eigenvalue weighted by molar-refractivity contribution is 0.0536. The molecule has 29 heavy (non-hydrogen) atoms. The molecule has 1 fully saturated rings. The van der Waals surface area contributed by atoms with Crippen molar-refractivity contribution in [2.45, 2.75) is 26.3 Å². The molecule has 0 aliphatic carbocycles. The van der Waals surface area contributed by atoms with Gasteiger partial charge in [-0.25, -0.2) is 13.8 Å². The lowest BCUT2D eigenvalue weighted by Gasteiger charge is -2.21. The summed E-state index contributed by atoms with van der Waals surface area (Å²) in [5.41, 5.74) is 0.917. The van der Waals surface area contributed by atoms with Gasteiger partial charge >= 0.3 is 0 Å². The van der Waals surface area contributed by atoms with Crippen molar-refractivity contribution in [3.8, 4) is 5.75 Å². The zero-order chi connectivity index (χ0) is 20.2. The molecule has 0 saturated carbocycles. The molecule has 0 radical (unpaired) electrons. The van der Waals surface area contributed by atoms with Crippen LogP contribution in [0.4, 0.5) is 8.78 Å². The van der Waals surface area contributed by atoms with E-state index in [2.05, 4.69) is 10.2 Å². The predicted octanol–water partition coefficient (Wildman–Crippen LogP) is 3.40. The Morgan fingerprint density at radius 1 is 1.34 bits per heavy atom. The maximum Gasteiger partial charge on any atom is 0.272 e. The SMILES string of the molecule is CCNC(=NCc1cccc(OCC(F)F)c1)N1CCC(COCCOC)C1.I. The van der Waals surface area contributed by atoms with Gasteiger partial charge in [-0.2, -0.15) is 0 Å². The van der Waals surface area contributed by atoms with E-state index in [0.717, 1.165) is 44.2 Å². The fourth-order valence-corrected chi connectivity index (χ4v) is 3.04. The van der Waals surface area contributed by atoms with Crippen molar-refractivity contribution < 1.29 is 23.0 Å². The number of likely N-dealkylation sites (tertiary alicyclic amines) is 1.